The molecular weight excluding hydrogens is 411 g/mol. The number of benzene rings is 2. The number of nitrogens with zero attached hydrogens (tertiary/aromatic N) is 2. The molecule has 2 fully saturated rings. The van der Waals surface area contributed by atoms with Crippen LogP contribution in [0.15, 0.2) is 42.5 Å². The van der Waals surface area contributed by atoms with Gasteiger partial charge in [0.05, 0.1) is 19.3 Å². The minimum atomic E-state index is -0.302. The zero-order chi connectivity index (χ0) is 22.1. The Labute approximate surface area is 186 Å². The van der Waals surface area contributed by atoms with E-state index in [-0.39, 0.29) is 36.2 Å². The van der Waals surface area contributed by atoms with Crippen LogP contribution in [0.25, 0.3) is 0 Å². The van der Waals surface area contributed by atoms with Crippen LogP contribution < -0.4 is 4.74 Å². The summed E-state index contributed by atoms with van der Waals surface area (Å²) in [6.07, 6.45) is 2.63. The molecule has 3 aliphatic rings. The normalized spacial score (nSPS) is 20.6. The van der Waals surface area contributed by atoms with Crippen molar-refractivity contribution in [2.75, 3.05) is 39.5 Å². The average molecular weight is 438 g/mol. The Morgan fingerprint density at radius 1 is 1.03 bits per heavy atom. The third kappa shape index (κ3) is 4.35. The molecule has 7 heteroatoms. The van der Waals surface area contributed by atoms with E-state index in [0.717, 1.165) is 36.0 Å². The van der Waals surface area contributed by atoms with Crippen LogP contribution in [-0.2, 0) is 20.7 Å². The number of carbonyl (C=O) groups excluding carboxylic acids is 2. The highest BCUT2D eigenvalue weighted by Crippen LogP contribution is 2.41. The monoisotopic (exact) mass is 438 g/mol. The van der Waals surface area contributed by atoms with Gasteiger partial charge in [0.2, 0.25) is 5.91 Å². The summed E-state index contributed by atoms with van der Waals surface area (Å²) < 4.78 is 24.7. The Morgan fingerprint density at radius 2 is 1.78 bits per heavy atom. The third-order valence-electron chi connectivity index (χ3n) is 6.47. The molecule has 6 nitrogen and oxygen atoms in total. The number of halogens is 1. The molecule has 2 heterocycles. The highest BCUT2D eigenvalue weighted by molar-refractivity contribution is 5.82. The van der Waals surface area contributed by atoms with Crippen molar-refractivity contribution in [2.45, 2.75) is 25.3 Å². The van der Waals surface area contributed by atoms with Crippen LogP contribution >= 0.6 is 0 Å². The van der Waals surface area contributed by atoms with Gasteiger partial charge in [0, 0.05) is 25.6 Å². The zero-order valence-corrected chi connectivity index (χ0v) is 18.0. The zero-order valence-electron chi connectivity index (χ0n) is 18.0. The molecule has 0 aromatic heterocycles. The van der Waals surface area contributed by atoms with Gasteiger partial charge in [0.25, 0.3) is 5.91 Å². The van der Waals surface area contributed by atoms with E-state index >= 15 is 0 Å². The van der Waals surface area contributed by atoms with Crippen molar-refractivity contribution in [2.24, 2.45) is 5.92 Å². The van der Waals surface area contributed by atoms with E-state index in [2.05, 4.69) is 0 Å². The van der Waals surface area contributed by atoms with Crippen LogP contribution in [0.4, 0.5) is 4.39 Å². The van der Waals surface area contributed by atoms with Gasteiger partial charge >= 0.3 is 0 Å². The lowest BCUT2D eigenvalue weighted by molar-refractivity contribution is -0.137. The predicted octanol–water partition coefficient (Wildman–Crippen LogP) is 2.95. The van der Waals surface area contributed by atoms with Crippen molar-refractivity contribution in [1.82, 2.24) is 9.80 Å². The lowest BCUT2D eigenvalue weighted by atomic mass is 9.87. The third-order valence-corrected chi connectivity index (χ3v) is 6.47. The van der Waals surface area contributed by atoms with Gasteiger partial charge in [0.1, 0.15) is 11.6 Å². The molecule has 2 aliphatic heterocycles. The summed E-state index contributed by atoms with van der Waals surface area (Å²) in [5.41, 5.74) is 3.00. The van der Waals surface area contributed by atoms with Gasteiger partial charge in [-0.2, -0.15) is 0 Å². The summed E-state index contributed by atoms with van der Waals surface area (Å²) in [4.78, 5) is 29.2. The van der Waals surface area contributed by atoms with Crippen LogP contribution in [0.2, 0.25) is 0 Å². The van der Waals surface area contributed by atoms with Crippen molar-refractivity contribution in [3.63, 3.8) is 0 Å². The van der Waals surface area contributed by atoms with Crippen molar-refractivity contribution in [3.8, 4) is 5.75 Å². The first-order valence-corrected chi connectivity index (χ1v) is 11.3. The van der Waals surface area contributed by atoms with E-state index in [1.54, 1.807) is 17.0 Å². The van der Waals surface area contributed by atoms with Crippen molar-refractivity contribution in [3.05, 3.63) is 65.0 Å². The first-order valence-electron chi connectivity index (χ1n) is 11.3. The SMILES string of the molecule is O=C(COc1ccc2c(c1)C(c1ccc(F)cc1)N(C(=O)C1CC1)CC2)N1CCOCC1. The second kappa shape index (κ2) is 8.90. The van der Waals surface area contributed by atoms with Gasteiger partial charge in [-0.25, -0.2) is 4.39 Å². The molecule has 1 aliphatic carbocycles. The maximum absolute atomic E-state index is 13.6. The van der Waals surface area contributed by atoms with Gasteiger partial charge in [-0.05, 0) is 60.2 Å². The summed E-state index contributed by atoms with van der Waals surface area (Å²) in [6, 6.07) is 11.9. The van der Waals surface area contributed by atoms with Gasteiger partial charge < -0.3 is 19.3 Å². The molecule has 2 aromatic carbocycles. The predicted molar refractivity (Wildman–Crippen MR) is 116 cm³/mol. The van der Waals surface area contributed by atoms with Crippen LogP contribution in [0, 0.1) is 11.7 Å². The van der Waals surface area contributed by atoms with Crippen LogP contribution in [0.3, 0.4) is 0 Å². The summed E-state index contributed by atoms with van der Waals surface area (Å²) >= 11 is 0. The lowest BCUT2D eigenvalue weighted by Gasteiger charge is -2.38. The molecular formula is C25H27FN2O4. The maximum Gasteiger partial charge on any atom is 0.260 e. The Bertz CT molecular complexity index is 1000. The number of ether oxygens (including phenoxy) is 2. The summed E-state index contributed by atoms with van der Waals surface area (Å²) in [7, 11) is 0. The molecule has 5 rings (SSSR count). The number of hydrogen-bond donors (Lipinski definition) is 0. The summed E-state index contributed by atoms with van der Waals surface area (Å²) in [6.45, 7) is 2.86. The van der Waals surface area contributed by atoms with Gasteiger partial charge in [-0.15, -0.1) is 0 Å². The number of morpholine rings is 1. The average Bonchev–Trinajstić information content (AvgIpc) is 3.68. The van der Waals surface area contributed by atoms with E-state index < -0.39 is 0 Å². The van der Waals surface area contributed by atoms with E-state index in [9.17, 15) is 14.0 Å². The van der Waals surface area contributed by atoms with Gasteiger partial charge in [0.15, 0.2) is 6.61 Å². The van der Waals surface area contributed by atoms with E-state index in [0.29, 0.717) is 38.6 Å². The van der Waals surface area contributed by atoms with E-state index in [4.69, 9.17) is 9.47 Å². The van der Waals surface area contributed by atoms with Crippen molar-refractivity contribution < 1.29 is 23.5 Å². The Morgan fingerprint density at radius 3 is 2.50 bits per heavy atom. The summed E-state index contributed by atoms with van der Waals surface area (Å²) in [5, 5.41) is 0. The topological polar surface area (TPSA) is 59.1 Å². The molecule has 0 bridgehead atoms. The fraction of sp³-hybridized carbons (Fsp3) is 0.440. The van der Waals surface area contributed by atoms with Crippen molar-refractivity contribution in [1.29, 1.82) is 0 Å². The Hall–Kier alpha value is -2.93. The number of amides is 2. The Balaban J connectivity index is 1.40. The fourth-order valence-corrected chi connectivity index (χ4v) is 4.54. The van der Waals surface area contributed by atoms with Gasteiger partial charge in [-0.3, -0.25) is 9.59 Å². The summed E-state index contributed by atoms with van der Waals surface area (Å²) in [5.74, 6) is 0.497. The second-order valence-corrected chi connectivity index (χ2v) is 8.65. The highest BCUT2D eigenvalue weighted by Gasteiger charge is 2.39. The Kier molecular flexibility index (Phi) is 5.83. The number of carbonyl (C=O) groups is 2. The fourth-order valence-electron chi connectivity index (χ4n) is 4.54. The molecule has 0 spiro atoms. The number of rotatable bonds is 5. The first kappa shape index (κ1) is 20.9. The maximum atomic E-state index is 13.6. The molecule has 168 valence electrons. The molecule has 0 N–H and O–H groups in total. The number of fused-ring (bicyclic) bond motifs is 1. The molecule has 0 radical (unpaired) electrons. The quantitative estimate of drug-likeness (QED) is 0.720. The standard InChI is InChI=1S/C25H27FN2O4/c26-20-6-3-18(4-7-20)24-22-15-21(32-16-23(29)27-11-13-31-14-12-27)8-5-17(22)9-10-28(24)25(30)19-1-2-19/h3-8,15,19,24H,1-2,9-14,16H2. The van der Waals surface area contributed by atoms with Crippen LogP contribution in [-0.4, -0.2) is 61.1 Å². The number of hydrogen-bond acceptors (Lipinski definition) is 4. The first-order chi connectivity index (χ1) is 15.6. The van der Waals surface area contributed by atoms with Gasteiger partial charge in [-0.1, -0.05) is 18.2 Å². The highest BCUT2D eigenvalue weighted by atomic mass is 19.1. The van der Waals surface area contributed by atoms with Crippen molar-refractivity contribution >= 4 is 11.8 Å². The smallest absolute Gasteiger partial charge is 0.260 e. The van der Waals surface area contributed by atoms with E-state index in [1.165, 1.54) is 12.1 Å². The molecule has 32 heavy (non-hydrogen) atoms. The van der Waals surface area contributed by atoms with E-state index in [1.807, 2.05) is 23.1 Å². The second-order valence-electron chi connectivity index (χ2n) is 8.65. The lowest BCUT2D eigenvalue weighted by Crippen LogP contribution is -2.43. The molecule has 1 saturated carbocycles. The molecule has 1 saturated heterocycles. The molecule has 2 amide bonds. The van der Waals surface area contributed by atoms with Crippen LogP contribution in [0.1, 0.15) is 35.6 Å². The largest absolute Gasteiger partial charge is 0.484 e. The minimum absolute atomic E-state index is 0.0370. The molecule has 2 aromatic rings. The van der Waals surface area contributed by atoms with Crippen LogP contribution in [0.5, 0.6) is 5.75 Å². The minimum Gasteiger partial charge on any atom is -0.484 e. The molecule has 1 atom stereocenters. The molecule has 1 unspecified atom stereocenters.